The van der Waals surface area contributed by atoms with Gasteiger partial charge in [0.05, 0.1) is 19.4 Å². The number of rotatable bonds is 9. The van der Waals surface area contributed by atoms with Crippen LogP contribution in [0.2, 0.25) is 5.02 Å². The van der Waals surface area contributed by atoms with Gasteiger partial charge in [-0.05, 0) is 6.42 Å². The third-order valence-electron chi connectivity index (χ3n) is 2.06. The molecule has 0 aliphatic rings. The van der Waals surface area contributed by atoms with Gasteiger partial charge in [0, 0.05) is 20.3 Å². The van der Waals surface area contributed by atoms with Crippen LogP contribution in [-0.2, 0) is 9.47 Å². The van der Waals surface area contributed by atoms with E-state index in [4.69, 9.17) is 26.9 Å². The molecule has 0 spiro atoms. The Morgan fingerprint density at radius 1 is 1.39 bits per heavy atom. The van der Waals surface area contributed by atoms with Crippen molar-refractivity contribution in [3.8, 4) is 0 Å². The molecule has 0 aliphatic carbocycles. The van der Waals surface area contributed by atoms with E-state index in [0.717, 1.165) is 6.42 Å². The molecule has 0 saturated heterocycles. The van der Waals surface area contributed by atoms with Crippen LogP contribution < -0.4 is 16.6 Å². The number of hydrogen-bond acceptors (Lipinski definition) is 7. The molecule has 0 radical (unpaired) electrons. The van der Waals surface area contributed by atoms with Crippen molar-refractivity contribution in [2.24, 2.45) is 5.84 Å². The quantitative estimate of drug-likeness (QED) is 0.350. The second kappa shape index (κ2) is 8.87. The van der Waals surface area contributed by atoms with Crippen LogP contribution in [0.25, 0.3) is 0 Å². The number of ether oxygens (including phenoxy) is 2. The van der Waals surface area contributed by atoms with Gasteiger partial charge in [0.2, 0.25) is 5.95 Å². The van der Waals surface area contributed by atoms with Crippen molar-refractivity contribution in [2.45, 2.75) is 6.42 Å². The molecule has 0 unspecified atom stereocenters. The number of nitrogens with zero attached hydrogens (tertiary/aromatic N) is 2. The second-order valence-corrected chi connectivity index (χ2v) is 3.83. The zero-order chi connectivity index (χ0) is 13.2. The van der Waals surface area contributed by atoms with Gasteiger partial charge in [0.25, 0.3) is 0 Å². The molecule has 0 saturated carbocycles. The summed E-state index contributed by atoms with van der Waals surface area (Å²) in [6.45, 7) is 2.57. The highest BCUT2D eigenvalue weighted by Crippen LogP contribution is 2.18. The monoisotopic (exact) mass is 275 g/mol. The number of methoxy groups -OCH3 is 1. The Balaban J connectivity index is 2.22. The number of nitrogens with one attached hydrogen (secondary N) is 2. The Morgan fingerprint density at radius 2 is 2.22 bits per heavy atom. The Bertz CT molecular complexity index is 353. The molecule has 1 aromatic rings. The van der Waals surface area contributed by atoms with E-state index in [-0.39, 0.29) is 0 Å². The number of hydrazine groups is 1. The fourth-order valence-corrected chi connectivity index (χ4v) is 1.34. The predicted molar refractivity (Wildman–Crippen MR) is 70.7 cm³/mol. The van der Waals surface area contributed by atoms with E-state index >= 15 is 0 Å². The van der Waals surface area contributed by atoms with Gasteiger partial charge >= 0.3 is 0 Å². The molecule has 1 aromatic heterocycles. The van der Waals surface area contributed by atoms with Crippen molar-refractivity contribution < 1.29 is 9.47 Å². The van der Waals surface area contributed by atoms with Gasteiger partial charge < -0.3 is 14.8 Å². The van der Waals surface area contributed by atoms with E-state index in [0.29, 0.717) is 43.2 Å². The molecule has 1 heterocycles. The molecule has 102 valence electrons. The van der Waals surface area contributed by atoms with Crippen LogP contribution >= 0.6 is 11.6 Å². The molecule has 0 bridgehead atoms. The Labute approximate surface area is 111 Å². The van der Waals surface area contributed by atoms with Gasteiger partial charge in [-0.1, -0.05) is 11.6 Å². The molecule has 18 heavy (non-hydrogen) atoms. The number of halogens is 1. The minimum atomic E-state index is 0.318. The topological polar surface area (TPSA) is 94.3 Å². The molecule has 0 atom stereocenters. The highest BCUT2D eigenvalue weighted by Gasteiger charge is 2.03. The molecule has 0 aromatic carbocycles. The average molecular weight is 276 g/mol. The maximum atomic E-state index is 5.93. The summed E-state index contributed by atoms with van der Waals surface area (Å²) in [6.07, 6.45) is 2.33. The van der Waals surface area contributed by atoms with Crippen molar-refractivity contribution in [3.63, 3.8) is 0 Å². The standard InChI is InChI=1S/C10H18ClN5O2/c1-17-5-6-18-4-2-3-13-9-8(11)7-14-10(15-9)16-12/h7H,2-6,12H2,1H3,(H2,13,14,15,16). The second-order valence-electron chi connectivity index (χ2n) is 3.42. The summed E-state index contributed by atoms with van der Waals surface area (Å²) in [5, 5.41) is 3.54. The largest absolute Gasteiger partial charge is 0.382 e. The molecule has 1 rings (SSSR count). The molecule has 4 N–H and O–H groups in total. The lowest BCUT2D eigenvalue weighted by molar-refractivity contribution is 0.0705. The molecule has 7 nitrogen and oxygen atoms in total. The Hall–Kier alpha value is -1.15. The first-order valence-corrected chi connectivity index (χ1v) is 5.95. The molecule has 0 amide bonds. The highest BCUT2D eigenvalue weighted by molar-refractivity contribution is 6.32. The summed E-state index contributed by atoms with van der Waals surface area (Å²) in [6, 6.07) is 0. The first-order valence-electron chi connectivity index (χ1n) is 5.57. The van der Waals surface area contributed by atoms with Crippen molar-refractivity contribution in [3.05, 3.63) is 11.2 Å². The highest BCUT2D eigenvalue weighted by atomic mass is 35.5. The van der Waals surface area contributed by atoms with Gasteiger partial charge in [0.15, 0.2) is 5.82 Å². The summed E-state index contributed by atoms with van der Waals surface area (Å²) < 4.78 is 10.2. The summed E-state index contributed by atoms with van der Waals surface area (Å²) in [5.74, 6) is 6.08. The van der Waals surface area contributed by atoms with Crippen molar-refractivity contribution >= 4 is 23.4 Å². The minimum Gasteiger partial charge on any atom is -0.382 e. The number of nitrogen functional groups attached to an aromatic ring is 1. The fourth-order valence-electron chi connectivity index (χ4n) is 1.19. The first-order chi connectivity index (χ1) is 8.77. The van der Waals surface area contributed by atoms with Crippen LogP contribution in [0.15, 0.2) is 6.20 Å². The summed E-state index contributed by atoms with van der Waals surface area (Å²) in [7, 11) is 1.64. The van der Waals surface area contributed by atoms with Crippen LogP contribution in [0, 0.1) is 0 Å². The van der Waals surface area contributed by atoms with Crippen molar-refractivity contribution in [1.82, 2.24) is 9.97 Å². The lowest BCUT2D eigenvalue weighted by atomic mass is 10.4. The Morgan fingerprint density at radius 3 is 2.94 bits per heavy atom. The van der Waals surface area contributed by atoms with Crippen molar-refractivity contribution in [1.29, 1.82) is 0 Å². The van der Waals surface area contributed by atoms with Crippen LogP contribution in [-0.4, -0.2) is 43.4 Å². The van der Waals surface area contributed by atoms with E-state index in [1.54, 1.807) is 7.11 Å². The van der Waals surface area contributed by atoms with Crippen LogP contribution in [0.1, 0.15) is 6.42 Å². The number of hydrogen-bond donors (Lipinski definition) is 3. The number of nitrogens with two attached hydrogens (primary N) is 1. The lowest BCUT2D eigenvalue weighted by Crippen LogP contribution is -2.13. The third kappa shape index (κ3) is 5.46. The van der Waals surface area contributed by atoms with Gasteiger partial charge in [-0.25, -0.2) is 10.8 Å². The van der Waals surface area contributed by atoms with Gasteiger partial charge in [-0.15, -0.1) is 0 Å². The van der Waals surface area contributed by atoms with E-state index in [1.807, 2.05) is 0 Å². The zero-order valence-corrected chi connectivity index (χ0v) is 11.0. The van der Waals surface area contributed by atoms with Gasteiger partial charge in [-0.2, -0.15) is 4.98 Å². The SMILES string of the molecule is COCCOCCCNc1nc(NN)ncc1Cl. The first kappa shape index (κ1) is 14.9. The van der Waals surface area contributed by atoms with Crippen LogP contribution in [0.4, 0.5) is 11.8 Å². The number of anilines is 2. The predicted octanol–water partition coefficient (Wildman–Crippen LogP) is 0.881. The van der Waals surface area contributed by atoms with E-state index in [1.165, 1.54) is 6.20 Å². The molecular weight excluding hydrogens is 258 g/mol. The van der Waals surface area contributed by atoms with Gasteiger partial charge in [0.1, 0.15) is 5.02 Å². The average Bonchev–Trinajstić information content (AvgIpc) is 2.39. The molecule has 8 heteroatoms. The molecule has 0 fully saturated rings. The summed E-state index contributed by atoms with van der Waals surface area (Å²) >= 11 is 5.93. The molecule has 0 aliphatic heterocycles. The fraction of sp³-hybridized carbons (Fsp3) is 0.600. The lowest BCUT2D eigenvalue weighted by Gasteiger charge is -2.08. The maximum absolute atomic E-state index is 5.93. The normalized spacial score (nSPS) is 10.4. The molecular formula is C10H18ClN5O2. The smallest absolute Gasteiger partial charge is 0.239 e. The van der Waals surface area contributed by atoms with Crippen molar-refractivity contribution in [2.75, 3.05) is 44.2 Å². The van der Waals surface area contributed by atoms with E-state index < -0.39 is 0 Å². The van der Waals surface area contributed by atoms with Gasteiger partial charge in [-0.3, -0.25) is 5.43 Å². The number of aromatic nitrogens is 2. The zero-order valence-electron chi connectivity index (χ0n) is 10.3. The van der Waals surface area contributed by atoms with E-state index in [9.17, 15) is 0 Å². The third-order valence-corrected chi connectivity index (χ3v) is 2.34. The maximum Gasteiger partial charge on any atom is 0.239 e. The summed E-state index contributed by atoms with van der Waals surface area (Å²) in [4.78, 5) is 7.96. The van der Waals surface area contributed by atoms with Crippen LogP contribution in [0.3, 0.4) is 0 Å². The van der Waals surface area contributed by atoms with Crippen LogP contribution in [0.5, 0.6) is 0 Å². The Kier molecular flexibility index (Phi) is 7.35. The summed E-state index contributed by atoms with van der Waals surface area (Å²) in [5.41, 5.74) is 2.36. The minimum absolute atomic E-state index is 0.318. The van der Waals surface area contributed by atoms with E-state index in [2.05, 4.69) is 20.7 Å².